The summed E-state index contributed by atoms with van der Waals surface area (Å²) >= 11 is 3.50. The summed E-state index contributed by atoms with van der Waals surface area (Å²) < 4.78 is 17.3. The number of halogens is 1. The summed E-state index contributed by atoms with van der Waals surface area (Å²) in [4.78, 5) is 0. The van der Waals surface area contributed by atoms with E-state index in [0.717, 1.165) is 35.4 Å². The van der Waals surface area contributed by atoms with Crippen LogP contribution in [0.4, 0.5) is 0 Å². The minimum Gasteiger partial charge on any atom is -0.491 e. The Bertz CT molecular complexity index is 399. The summed E-state index contributed by atoms with van der Waals surface area (Å²) in [5.74, 6) is 0.909. The molecule has 4 nitrogen and oxygen atoms in total. The highest BCUT2D eigenvalue weighted by atomic mass is 79.9. The minimum absolute atomic E-state index is 0.445. The minimum atomic E-state index is 0.445. The Morgan fingerprint density at radius 1 is 1.14 bits per heavy atom. The zero-order valence-electron chi connectivity index (χ0n) is 13.2. The third kappa shape index (κ3) is 8.41. The van der Waals surface area contributed by atoms with Crippen molar-refractivity contribution in [3.8, 4) is 5.75 Å². The number of hydrogen-bond donors (Lipinski definition) is 1. The Labute approximate surface area is 136 Å². The number of hydrogen-bond acceptors (Lipinski definition) is 4. The molecule has 0 radical (unpaired) electrons. The lowest BCUT2D eigenvalue weighted by Crippen LogP contribution is -2.22. The molecule has 0 bridgehead atoms. The smallest absolute Gasteiger partial charge is 0.123 e. The quantitative estimate of drug-likeness (QED) is 0.614. The first-order valence-corrected chi connectivity index (χ1v) is 8.14. The fourth-order valence-corrected chi connectivity index (χ4v) is 2.17. The van der Waals surface area contributed by atoms with Gasteiger partial charge in [0, 0.05) is 42.9 Å². The topological polar surface area (TPSA) is 39.7 Å². The maximum atomic E-state index is 5.81. The Hall–Kier alpha value is -0.620. The van der Waals surface area contributed by atoms with Crippen LogP contribution < -0.4 is 10.1 Å². The Morgan fingerprint density at radius 3 is 2.67 bits per heavy atom. The summed E-state index contributed by atoms with van der Waals surface area (Å²) in [5.41, 5.74) is 1.15. The fraction of sp³-hybridized carbons (Fsp3) is 0.625. The zero-order chi connectivity index (χ0) is 15.5. The number of ether oxygens (including phenoxy) is 3. The predicted octanol–water partition coefficient (Wildman–Crippen LogP) is 3.38. The molecular weight excluding hydrogens is 334 g/mol. The number of nitrogens with one attached hydrogen (secondary N) is 1. The van der Waals surface area contributed by atoms with Gasteiger partial charge in [-0.05, 0) is 24.6 Å². The maximum Gasteiger partial charge on any atom is 0.123 e. The second-order valence-corrected chi connectivity index (χ2v) is 6.01. The van der Waals surface area contributed by atoms with E-state index in [2.05, 4.69) is 41.2 Å². The first-order valence-electron chi connectivity index (χ1n) is 7.34. The average molecular weight is 360 g/mol. The molecule has 21 heavy (non-hydrogen) atoms. The summed E-state index contributed by atoms with van der Waals surface area (Å²) in [7, 11) is 1.70. The molecule has 1 aromatic carbocycles. The van der Waals surface area contributed by atoms with Crippen LogP contribution in [0, 0.1) is 0 Å². The lowest BCUT2D eigenvalue weighted by atomic mass is 10.2. The third-order valence-electron chi connectivity index (χ3n) is 2.85. The van der Waals surface area contributed by atoms with Crippen molar-refractivity contribution in [1.29, 1.82) is 0 Å². The molecule has 120 valence electrons. The molecule has 0 unspecified atom stereocenters. The second-order valence-electron chi connectivity index (χ2n) is 5.09. The molecule has 0 amide bonds. The van der Waals surface area contributed by atoms with Crippen LogP contribution in [0.2, 0.25) is 0 Å². The van der Waals surface area contributed by atoms with E-state index in [1.54, 1.807) is 7.11 Å². The summed E-state index contributed by atoms with van der Waals surface area (Å²) in [6.45, 7) is 7.65. The van der Waals surface area contributed by atoms with Crippen LogP contribution in [0.15, 0.2) is 22.7 Å². The average Bonchev–Trinajstić information content (AvgIpc) is 2.45. The van der Waals surface area contributed by atoms with Gasteiger partial charge in [0.2, 0.25) is 0 Å². The van der Waals surface area contributed by atoms with E-state index in [9.17, 15) is 0 Å². The Morgan fingerprint density at radius 2 is 1.95 bits per heavy atom. The molecule has 0 aliphatic heterocycles. The standard InChI is InChI=1S/C16H26BrNO3/c1-13(2)18-12-14-11-15(17)5-6-16(14)21-10-9-20-8-4-7-19-3/h5-6,11,13,18H,4,7-10,12H2,1-3H3. The van der Waals surface area contributed by atoms with Crippen LogP contribution in [0.3, 0.4) is 0 Å². The highest BCUT2D eigenvalue weighted by Gasteiger charge is 2.05. The predicted molar refractivity (Wildman–Crippen MR) is 88.9 cm³/mol. The fourth-order valence-electron chi connectivity index (χ4n) is 1.76. The van der Waals surface area contributed by atoms with E-state index in [1.165, 1.54) is 0 Å². The highest BCUT2D eigenvalue weighted by molar-refractivity contribution is 9.10. The van der Waals surface area contributed by atoms with Gasteiger partial charge in [-0.2, -0.15) is 0 Å². The van der Waals surface area contributed by atoms with Gasteiger partial charge in [0.05, 0.1) is 6.61 Å². The van der Waals surface area contributed by atoms with E-state index in [0.29, 0.717) is 25.9 Å². The van der Waals surface area contributed by atoms with Crippen LogP contribution in [0.5, 0.6) is 5.75 Å². The molecule has 1 aromatic rings. The van der Waals surface area contributed by atoms with Gasteiger partial charge in [-0.3, -0.25) is 0 Å². The van der Waals surface area contributed by atoms with Gasteiger partial charge >= 0.3 is 0 Å². The molecular formula is C16H26BrNO3. The van der Waals surface area contributed by atoms with E-state index >= 15 is 0 Å². The molecule has 0 aromatic heterocycles. The van der Waals surface area contributed by atoms with Gasteiger partial charge in [0.25, 0.3) is 0 Å². The van der Waals surface area contributed by atoms with E-state index in [4.69, 9.17) is 14.2 Å². The molecule has 0 spiro atoms. The van der Waals surface area contributed by atoms with Crippen LogP contribution in [-0.4, -0.2) is 39.6 Å². The molecule has 0 saturated carbocycles. The van der Waals surface area contributed by atoms with Crippen LogP contribution in [0.1, 0.15) is 25.8 Å². The van der Waals surface area contributed by atoms with Gasteiger partial charge in [-0.1, -0.05) is 29.8 Å². The van der Waals surface area contributed by atoms with Crippen molar-refractivity contribution in [3.63, 3.8) is 0 Å². The lowest BCUT2D eigenvalue weighted by molar-refractivity contribution is 0.0804. The van der Waals surface area contributed by atoms with Crippen LogP contribution >= 0.6 is 15.9 Å². The maximum absolute atomic E-state index is 5.81. The number of methoxy groups -OCH3 is 1. The molecule has 0 fully saturated rings. The first-order chi connectivity index (χ1) is 10.1. The molecule has 0 atom stereocenters. The van der Waals surface area contributed by atoms with Crippen molar-refractivity contribution in [2.24, 2.45) is 0 Å². The highest BCUT2D eigenvalue weighted by Crippen LogP contribution is 2.23. The largest absolute Gasteiger partial charge is 0.491 e. The number of rotatable bonds is 11. The van der Waals surface area contributed by atoms with Crippen molar-refractivity contribution in [1.82, 2.24) is 5.32 Å². The first kappa shape index (κ1) is 18.4. The van der Waals surface area contributed by atoms with Gasteiger partial charge in [0.15, 0.2) is 0 Å². The lowest BCUT2D eigenvalue weighted by Gasteiger charge is -2.14. The SMILES string of the molecule is COCCCOCCOc1ccc(Br)cc1CNC(C)C. The van der Waals surface area contributed by atoms with Gasteiger partial charge in [0.1, 0.15) is 12.4 Å². The third-order valence-corrected chi connectivity index (χ3v) is 3.34. The van der Waals surface area contributed by atoms with Crippen molar-refractivity contribution in [3.05, 3.63) is 28.2 Å². The van der Waals surface area contributed by atoms with E-state index in [-0.39, 0.29) is 0 Å². The van der Waals surface area contributed by atoms with Crippen molar-refractivity contribution in [2.45, 2.75) is 32.9 Å². The molecule has 0 saturated heterocycles. The van der Waals surface area contributed by atoms with Crippen LogP contribution in [-0.2, 0) is 16.0 Å². The summed E-state index contributed by atoms with van der Waals surface area (Å²) in [6.07, 6.45) is 0.915. The Kier molecular flexibility index (Phi) is 9.67. The van der Waals surface area contributed by atoms with E-state index in [1.807, 2.05) is 12.1 Å². The Balaban J connectivity index is 2.35. The molecule has 0 aliphatic carbocycles. The van der Waals surface area contributed by atoms with Gasteiger partial charge < -0.3 is 19.5 Å². The van der Waals surface area contributed by atoms with Crippen molar-refractivity contribution < 1.29 is 14.2 Å². The summed E-state index contributed by atoms with van der Waals surface area (Å²) in [6, 6.07) is 6.52. The zero-order valence-corrected chi connectivity index (χ0v) is 14.7. The number of benzene rings is 1. The normalized spacial score (nSPS) is 11.1. The van der Waals surface area contributed by atoms with Crippen molar-refractivity contribution in [2.75, 3.05) is 33.5 Å². The molecule has 1 rings (SSSR count). The molecule has 5 heteroatoms. The molecule has 1 N–H and O–H groups in total. The molecule has 0 aliphatic rings. The van der Waals surface area contributed by atoms with Gasteiger partial charge in [-0.15, -0.1) is 0 Å². The van der Waals surface area contributed by atoms with Gasteiger partial charge in [-0.25, -0.2) is 0 Å². The van der Waals surface area contributed by atoms with Crippen molar-refractivity contribution >= 4 is 15.9 Å². The molecule has 0 heterocycles. The van der Waals surface area contributed by atoms with E-state index < -0.39 is 0 Å². The monoisotopic (exact) mass is 359 g/mol. The summed E-state index contributed by atoms with van der Waals surface area (Å²) in [5, 5.41) is 3.41. The second kappa shape index (κ2) is 11.0. The van der Waals surface area contributed by atoms with Crippen LogP contribution in [0.25, 0.3) is 0 Å².